The predicted octanol–water partition coefficient (Wildman–Crippen LogP) is 2.68. The summed E-state index contributed by atoms with van der Waals surface area (Å²) in [5.41, 5.74) is 0.890. The van der Waals surface area contributed by atoms with E-state index in [1.165, 1.54) is 32.1 Å². The van der Waals surface area contributed by atoms with Crippen LogP contribution in [0.4, 0.5) is 0 Å². The molecule has 1 fully saturated rings. The fraction of sp³-hybridized carbons (Fsp3) is 1.00. The molecule has 57 valence electrons. The smallest absolute Gasteiger partial charge is 0.0217 e. The van der Waals surface area contributed by atoms with E-state index in [1.807, 2.05) is 0 Å². The molecule has 0 bridgehead atoms. The van der Waals surface area contributed by atoms with Crippen molar-refractivity contribution in [3.05, 3.63) is 0 Å². The summed E-state index contributed by atoms with van der Waals surface area (Å²) in [7, 11) is 5.13. The molecule has 0 aliphatic heterocycles. The van der Waals surface area contributed by atoms with E-state index in [9.17, 15) is 0 Å². The number of hydrogen-bond donors (Lipinski definition) is 0. The van der Waals surface area contributed by atoms with E-state index in [4.69, 9.17) is 7.57 Å². The molecule has 0 N–H and O–H groups in total. The lowest BCUT2D eigenvalue weighted by Gasteiger charge is -2.38. The standard InChI is InChI=1S/C8H17BP/c1-10(2,9)8-6-4-3-5-7-8/h8H,3-7H2,1-2H3. The Kier molecular flexibility index (Phi) is 2.80. The zero-order chi connectivity index (χ0) is 7.61. The van der Waals surface area contributed by atoms with Crippen LogP contribution < -0.4 is 0 Å². The van der Waals surface area contributed by atoms with Gasteiger partial charge in [-0.1, -0.05) is 6.42 Å². The highest BCUT2D eigenvalue weighted by Crippen LogP contribution is 2.55. The van der Waals surface area contributed by atoms with Gasteiger partial charge in [0.2, 0.25) is 0 Å². The Balaban J connectivity index is 2.39. The second kappa shape index (κ2) is 3.26. The van der Waals surface area contributed by atoms with Crippen molar-refractivity contribution in [1.82, 2.24) is 0 Å². The molecule has 0 spiro atoms. The van der Waals surface area contributed by atoms with Crippen LogP contribution in [0.1, 0.15) is 32.1 Å². The Morgan fingerprint density at radius 3 is 1.90 bits per heavy atom. The molecule has 0 unspecified atom stereocenters. The van der Waals surface area contributed by atoms with Crippen molar-refractivity contribution in [3.8, 4) is 0 Å². The minimum atomic E-state index is -0.991. The van der Waals surface area contributed by atoms with E-state index in [-0.39, 0.29) is 0 Å². The summed E-state index contributed by atoms with van der Waals surface area (Å²) in [5, 5.41) is 0. The number of hydrogen-bond acceptors (Lipinski definition) is 0. The van der Waals surface area contributed by atoms with Crippen LogP contribution in [0.3, 0.4) is 0 Å². The summed E-state index contributed by atoms with van der Waals surface area (Å²) >= 11 is 0. The average molecular weight is 155 g/mol. The van der Waals surface area contributed by atoms with Gasteiger partial charge in [-0.25, -0.2) is 0 Å². The molecule has 0 nitrogen and oxygen atoms in total. The Bertz CT molecular complexity index is 100. The van der Waals surface area contributed by atoms with E-state index in [0.29, 0.717) is 0 Å². The van der Waals surface area contributed by atoms with Crippen LogP contribution in [0.25, 0.3) is 0 Å². The summed E-state index contributed by atoms with van der Waals surface area (Å²) in [5.74, 6) is 0. The van der Waals surface area contributed by atoms with Crippen LogP contribution in [0, 0.1) is 0 Å². The van der Waals surface area contributed by atoms with Crippen LogP contribution in [0.5, 0.6) is 0 Å². The van der Waals surface area contributed by atoms with Crippen molar-refractivity contribution in [3.63, 3.8) is 0 Å². The lowest BCUT2D eigenvalue weighted by atomic mass is 10.0. The van der Waals surface area contributed by atoms with E-state index < -0.39 is 7.14 Å². The van der Waals surface area contributed by atoms with Gasteiger partial charge in [0.15, 0.2) is 0 Å². The van der Waals surface area contributed by atoms with Gasteiger partial charge in [0, 0.05) is 19.0 Å². The van der Waals surface area contributed by atoms with Gasteiger partial charge < -0.3 is 7.57 Å². The van der Waals surface area contributed by atoms with Crippen molar-refractivity contribution in [2.45, 2.75) is 37.8 Å². The Morgan fingerprint density at radius 1 is 1.10 bits per heavy atom. The third kappa shape index (κ3) is 2.27. The summed E-state index contributed by atoms with van der Waals surface area (Å²) < 4.78 is 0. The third-order valence-corrected chi connectivity index (χ3v) is 4.91. The predicted molar refractivity (Wildman–Crippen MR) is 51.4 cm³/mol. The highest BCUT2D eigenvalue weighted by Gasteiger charge is 2.22. The second-order valence-corrected chi connectivity index (χ2v) is 7.91. The Labute approximate surface area is 66.5 Å². The third-order valence-electron chi connectivity index (χ3n) is 2.52. The lowest BCUT2D eigenvalue weighted by Crippen LogP contribution is -2.15. The molecule has 1 aliphatic rings. The van der Waals surface area contributed by atoms with Gasteiger partial charge in [0.1, 0.15) is 0 Å². The molecule has 10 heavy (non-hydrogen) atoms. The monoisotopic (exact) mass is 155 g/mol. The molecule has 0 atom stereocenters. The van der Waals surface area contributed by atoms with Crippen LogP contribution in [0.15, 0.2) is 0 Å². The second-order valence-electron chi connectivity index (χ2n) is 3.92. The quantitative estimate of drug-likeness (QED) is 0.403. The topological polar surface area (TPSA) is 0 Å². The molecule has 1 aliphatic carbocycles. The maximum absolute atomic E-state index is 6.12. The van der Waals surface area contributed by atoms with E-state index in [0.717, 1.165) is 5.66 Å². The van der Waals surface area contributed by atoms with Gasteiger partial charge in [-0.2, -0.15) is 0 Å². The first-order chi connectivity index (χ1) is 4.61. The summed E-state index contributed by atoms with van der Waals surface area (Å²) in [4.78, 5) is 0. The Morgan fingerprint density at radius 2 is 1.60 bits per heavy atom. The lowest BCUT2D eigenvalue weighted by molar-refractivity contribution is 0.511. The molecule has 0 heterocycles. The first-order valence-corrected chi connectivity index (χ1v) is 7.05. The summed E-state index contributed by atoms with van der Waals surface area (Å²) in [6, 6.07) is 0. The zero-order valence-corrected chi connectivity index (χ0v) is 8.03. The maximum Gasteiger partial charge on any atom is 0.0217 e. The summed E-state index contributed by atoms with van der Waals surface area (Å²) in [6.45, 7) is 4.53. The molecular weight excluding hydrogens is 138 g/mol. The van der Waals surface area contributed by atoms with Crippen molar-refractivity contribution in [1.29, 1.82) is 0 Å². The molecule has 2 heteroatoms. The van der Waals surface area contributed by atoms with E-state index in [1.54, 1.807) is 0 Å². The summed E-state index contributed by atoms with van der Waals surface area (Å²) in [6.07, 6.45) is 7.08. The Hall–Kier alpha value is 0.495. The largest absolute Gasteiger partial charge is 0.307 e. The fourth-order valence-electron chi connectivity index (χ4n) is 1.75. The molecule has 0 saturated heterocycles. The molecule has 0 amide bonds. The maximum atomic E-state index is 6.12. The number of rotatable bonds is 1. The van der Waals surface area contributed by atoms with Gasteiger partial charge in [0.25, 0.3) is 0 Å². The first-order valence-electron chi connectivity index (χ1n) is 4.23. The van der Waals surface area contributed by atoms with Crippen molar-refractivity contribution in [2.75, 3.05) is 13.3 Å². The van der Waals surface area contributed by atoms with Gasteiger partial charge >= 0.3 is 0 Å². The molecule has 0 aromatic heterocycles. The van der Waals surface area contributed by atoms with Crippen LogP contribution in [-0.2, 0) is 0 Å². The minimum absolute atomic E-state index is 0.890. The van der Waals surface area contributed by atoms with E-state index in [2.05, 4.69) is 13.3 Å². The zero-order valence-electron chi connectivity index (χ0n) is 7.14. The van der Waals surface area contributed by atoms with Crippen molar-refractivity contribution < 1.29 is 0 Å². The molecular formula is C8H17BP. The van der Waals surface area contributed by atoms with Gasteiger partial charge in [-0.3, -0.25) is 7.14 Å². The normalized spacial score (nSPS) is 23.1. The molecule has 1 saturated carbocycles. The molecule has 0 aromatic rings. The van der Waals surface area contributed by atoms with Crippen LogP contribution in [-0.4, -0.2) is 26.6 Å². The molecule has 0 aromatic carbocycles. The van der Waals surface area contributed by atoms with Crippen LogP contribution >= 0.6 is 7.14 Å². The average Bonchev–Trinajstić information content (AvgIpc) is 1.88. The van der Waals surface area contributed by atoms with Crippen LogP contribution in [0.2, 0.25) is 0 Å². The SMILES string of the molecule is [B-][P+](C)(C)C1CCCCC1. The first kappa shape index (κ1) is 8.59. The molecule has 1 rings (SSSR count). The van der Waals surface area contributed by atoms with Crippen molar-refractivity contribution >= 4 is 14.7 Å². The van der Waals surface area contributed by atoms with Gasteiger partial charge in [0.05, 0.1) is 0 Å². The highest BCUT2D eigenvalue weighted by atomic mass is 31.2. The van der Waals surface area contributed by atoms with Gasteiger partial charge in [-0.05, 0) is 25.7 Å². The van der Waals surface area contributed by atoms with Gasteiger partial charge in [-0.15, -0.1) is 0 Å². The van der Waals surface area contributed by atoms with Crippen molar-refractivity contribution in [2.24, 2.45) is 0 Å². The van der Waals surface area contributed by atoms with E-state index >= 15 is 0 Å². The minimum Gasteiger partial charge on any atom is -0.307 e. The molecule has 3 radical (unpaired) electrons. The highest BCUT2D eigenvalue weighted by molar-refractivity contribution is 7.96. The fourth-order valence-corrected chi connectivity index (χ4v) is 3.44.